The standard InChI is InChI=1S/C11H15ClOS/c1-13-8-2-3-9-14-11-6-4-10(12)5-7-11/h4-7H,2-3,8-9H2,1H3. The van der Waals surface area contributed by atoms with E-state index >= 15 is 0 Å². The van der Waals surface area contributed by atoms with Gasteiger partial charge in [0.05, 0.1) is 0 Å². The predicted octanol–water partition coefficient (Wildman–Crippen LogP) is 3.86. The van der Waals surface area contributed by atoms with Gasteiger partial charge in [-0.15, -0.1) is 11.8 Å². The highest BCUT2D eigenvalue weighted by Crippen LogP contribution is 2.21. The first kappa shape index (κ1) is 11.9. The summed E-state index contributed by atoms with van der Waals surface area (Å²) in [6.45, 7) is 0.862. The average Bonchev–Trinajstić information content (AvgIpc) is 2.21. The monoisotopic (exact) mass is 230 g/mol. The van der Waals surface area contributed by atoms with Crippen LogP contribution >= 0.6 is 23.4 Å². The highest BCUT2D eigenvalue weighted by atomic mass is 35.5. The van der Waals surface area contributed by atoms with Crippen LogP contribution in [0.25, 0.3) is 0 Å². The Morgan fingerprint density at radius 1 is 1.21 bits per heavy atom. The van der Waals surface area contributed by atoms with Gasteiger partial charge in [0.1, 0.15) is 0 Å². The Morgan fingerprint density at radius 3 is 2.57 bits per heavy atom. The lowest BCUT2D eigenvalue weighted by molar-refractivity contribution is 0.194. The van der Waals surface area contributed by atoms with Gasteiger partial charge in [-0.25, -0.2) is 0 Å². The topological polar surface area (TPSA) is 9.23 Å². The van der Waals surface area contributed by atoms with E-state index in [2.05, 4.69) is 12.1 Å². The van der Waals surface area contributed by atoms with Gasteiger partial charge in [-0.3, -0.25) is 0 Å². The second-order valence-corrected chi connectivity index (χ2v) is 4.61. The predicted molar refractivity (Wildman–Crippen MR) is 63.3 cm³/mol. The number of methoxy groups -OCH3 is 1. The summed E-state index contributed by atoms with van der Waals surface area (Å²) in [6.07, 6.45) is 2.33. The van der Waals surface area contributed by atoms with Crippen LogP contribution in [0.1, 0.15) is 12.8 Å². The van der Waals surface area contributed by atoms with Crippen molar-refractivity contribution in [2.45, 2.75) is 17.7 Å². The Balaban J connectivity index is 2.15. The molecule has 0 aliphatic rings. The van der Waals surface area contributed by atoms with Crippen LogP contribution in [-0.4, -0.2) is 19.5 Å². The summed E-state index contributed by atoms with van der Waals surface area (Å²) in [5, 5.41) is 0.800. The number of hydrogen-bond donors (Lipinski definition) is 0. The minimum Gasteiger partial charge on any atom is -0.385 e. The molecule has 0 N–H and O–H groups in total. The molecular weight excluding hydrogens is 216 g/mol. The molecule has 0 atom stereocenters. The zero-order chi connectivity index (χ0) is 10.2. The van der Waals surface area contributed by atoms with Crippen LogP contribution in [-0.2, 0) is 4.74 Å². The SMILES string of the molecule is COCCCCSc1ccc(Cl)cc1. The maximum Gasteiger partial charge on any atom is 0.0462 e. The highest BCUT2D eigenvalue weighted by molar-refractivity contribution is 7.99. The first-order valence-electron chi connectivity index (χ1n) is 4.70. The molecule has 0 saturated carbocycles. The Hall–Kier alpha value is -0.180. The molecule has 3 heteroatoms. The van der Waals surface area contributed by atoms with Crippen molar-refractivity contribution in [2.75, 3.05) is 19.5 Å². The minimum absolute atomic E-state index is 0.800. The largest absolute Gasteiger partial charge is 0.385 e. The summed E-state index contributed by atoms with van der Waals surface area (Å²) in [6, 6.07) is 7.98. The van der Waals surface area contributed by atoms with E-state index in [4.69, 9.17) is 16.3 Å². The highest BCUT2D eigenvalue weighted by Gasteiger charge is 1.94. The fourth-order valence-corrected chi connectivity index (χ4v) is 2.11. The molecule has 0 heterocycles. The maximum atomic E-state index is 5.79. The lowest BCUT2D eigenvalue weighted by Gasteiger charge is -2.01. The number of benzene rings is 1. The molecule has 0 spiro atoms. The molecule has 1 aromatic rings. The molecule has 1 nitrogen and oxygen atoms in total. The van der Waals surface area contributed by atoms with Crippen LogP contribution in [0.4, 0.5) is 0 Å². The quantitative estimate of drug-likeness (QED) is 0.542. The van der Waals surface area contributed by atoms with Gasteiger partial charge in [0.25, 0.3) is 0 Å². The van der Waals surface area contributed by atoms with Crippen molar-refractivity contribution in [3.05, 3.63) is 29.3 Å². The first-order valence-corrected chi connectivity index (χ1v) is 6.06. The maximum absolute atomic E-state index is 5.79. The molecule has 0 bridgehead atoms. The van der Waals surface area contributed by atoms with Crippen LogP contribution in [0.5, 0.6) is 0 Å². The van der Waals surface area contributed by atoms with Crippen molar-refractivity contribution < 1.29 is 4.74 Å². The Labute approximate surface area is 94.8 Å². The minimum atomic E-state index is 0.800. The van der Waals surface area contributed by atoms with Crippen LogP contribution < -0.4 is 0 Å². The van der Waals surface area contributed by atoms with Gasteiger partial charge in [-0.1, -0.05) is 11.6 Å². The van der Waals surface area contributed by atoms with Gasteiger partial charge < -0.3 is 4.74 Å². The number of thioether (sulfide) groups is 1. The normalized spacial score (nSPS) is 10.4. The van der Waals surface area contributed by atoms with Crippen LogP contribution in [0.2, 0.25) is 5.02 Å². The van der Waals surface area contributed by atoms with Gasteiger partial charge in [0.15, 0.2) is 0 Å². The number of halogens is 1. The summed E-state index contributed by atoms with van der Waals surface area (Å²) in [4.78, 5) is 1.28. The van der Waals surface area contributed by atoms with Crippen LogP contribution in [0, 0.1) is 0 Å². The fraction of sp³-hybridized carbons (Fsp3) is 0.455. The third-order valence-electron chi connectivity index (χ3n) is 1.83. The van der Waals surface area contributed by atoms with Crippen LogP contribution in [0.15, 0.2) is 29.2 Å². The molecule has 0 aliphatic heterocycles. The molecule has 1 rings (SSSR count). The third kappa shape index (κ3) is 4.89. The van der Waals surface area contributed by atoms with E-state index < -0.39 is 0 Å². The smallest absolute Gasteiger partial charge is 0.0462 e. The summed E-state index contributed by atoms with van der Waals surface area (Å²) < 4.78 is 4.98. The molecule has 1 aromatic carbocycles. The van der Waals surface area contributed by atoms with E-state index in [-0.39, 0.29) is 0 Å². The van der Waals surface area contributed by atoms with E-state index in [1.165, 1.54) is 11.3 Å². The molecule has 0 amide bonds. The third-order valence-corrected chi connectivity index (χ3v) is 3.18. The van der Waals surface area contributed by atoms with Crippen molar-refractivity contribution in [3.63, 3.8) is 0 Å². The Bertz CT molecular complexity index is 248. The molecule has 78 valence electrons. The van der Waals surface area contributed by atoms with E-state index in [1.807, 2.05) is 23.9 Å². The van der Waals surface area contributed by atoms with Crippen molar-refractivity contribution >= 4 is 23.4 Å². The zero-order valence-corrected chi connectivity index (χ0v) is 9.90. The van der Waals surface area contributed by atoms with Crippen molar-refractivity contribution in [1.29, 1.82) is 0 Å². The van der Waals surface area contributed by atoms with Gasteiger partial charge in [0.2, 0.25) is 0 Å². The summed E-state index contributed by atoms with van der Waals surface area (Å²) in [5.41, 5.74) is 0. The van der Waals surface area contributed by atoms with Gasteiger partial charge in [-0.2, -0.15) is 0 Å². The lowest BCUT2D eigenvalue weighted by atomic mass is 10.4. The summed E-state index contributed by atoms with van der Waals surface area (Å²) >= 11 is 7.65. The number of rotatable bonds is 6. The number of hydrogen-bond acceptors (Lipinski definition) is 2. The number of ether oxygens (including phenoxy) is 1. The van der Waals surface area contributed by atoms with Gasteiger partial charge in [0, 0.05) is 23.6 Å². The second kappa shape index (κ2) is 7.16. The van der Waals surface area contributed by atoms with Gasteiger partial charge >= 0.3 is 0 Å². The van der Waals surface area contributed by atoms with E-state index in [1.54, 1.807) is 7.11 Å². The molecule has 0 aromatic heterocycles. The molecular formula is C11H15ClOS. The zero-order valence-electron chi connectivity index (χ0n) is 8.33. The fourth-order valence-electron chi connectivity index (χ4n) is 1.07. The average molecular weight is 231 g/mol. The van der Waals surface area contributed by atoms with Crippen molar-refractivity contribution in [3.8, 4) is 0 Å². The molecule has 0 saturated heterocycles. The van der Waals surface area contributed by atoms with Crippen molar-refractivity contribution in [2.24, 2.45) is 0 Å². The second-order valence-electron chi connectivity index (χ2n) is 3.00. The molecule has 14 heavy (non-hydrogen) atoms. The van der Waals surface area contributed by atoms with E-state index in [0.717, 1.165) is 23.8 Å². The lowest BCUT2D eigenvalue weighted by Crippen LogP contribution is -1.89. The van der Waals surface area contributed by atoms with Crippen molar-refractivity contribution in [1.82, 2.24) is 0 Å². The summed E-state index contributed by atoms with van der Waals surface area (Å²) in [5.74, 6) is 1.14. The Kier molecular flexibility index (Phi) is 6.08. The van der Waals surface area contributed by atoms with E-state index in [9.17, 15) is 0 Å². The van der Waals surface area contributed by atoms with Crippen LogP contribution in [0.3, 0.4) is 0 Å². The molecule has 0 fully saturated rings. The summed E-state index contributed by atoms with van der Waals surface area (Å²) in [7, 11) is 1.74. The Morgan fingerprint density at radius 2 is 1.93 bits per heavy atom. The first-order chi connectivity index (χ1) is 6.83. The van der Waals surface area contributed by atoms with Gasteiger partial charge in [-0.05, 0) is 42.9 Å². The molecule has 0 radical (unpaired) electrons. The molecule has 0 unspecified atom stereocenters. The van der Waals surface area contributed by atoms with E-state index in [0.29, 0.717) is 0 Å². The number of unbranched alkanes of at least 4 members (excludes halogenated alkanes) is 1. The molecule has 0 aliphatic carbocycles.